The summed E-state index contributed by atoms with van der Waals surface area (Å²) in [4.78, 5) is -0.0405. The lowest BCUT2D eigenvalue weighted by atomic mass is 10.1. The highest BCUT2D eigenvalue weighted by Crippen LogP contribution is 2.22. The van der Waals surface area contributed by atoms with Crippen molar-refractivity contribution in [3.8, 4) is 0 Å². The zero-order valence-electron chi connectivity index (χ0n) is 11.6. The first-order valence-corrected chi connectivity index (χ1v) is 7.68. The minimum atomic E-state index is -3.69. The van der Waals surface area contributed by atoms with Gasteiger partial charge in [-0.25, -0.2) is 17.1 Å². The smallest absolute Gasteiger partial charge is 0.243 e. The highest BCUT2D eigenvalue weighted by molar-refractivity contribution is 7.89. The van der Waals surface area contributed by atoms with Crippen molar-refractivity contribution < 1.29 is 12.8 Å². The molecule has 0 saturated heterocycles. The first-order chi connectivity index (χ1) is 8.80. The Labute approximate surface area is 114 Å². The number of halogens is 1. The Kier molecular flexibility index (Phi) is 5.46. The maximum absolute atomic E-state index is 13.6. The van der Waals surface area contributed by atoms with Crippen molar-refractivity contribution in [2.75, 3.05) is 13.6 Å². The average Bonchev–Trinajstić information content (AvgIpc) is 2.35. The number of hydrogen-bond acceptors (Lipinski definition) is 3. The molecule has 0 aliphatic rings. The van der Waals surface area contributed by atoms with Crippen molar-refractivity contribution in [3.63, 3.8) is 0 Å². The molecule has 0 unspecified atom stereocenters. The van der Waals surface area contributed by atoms with E-state index in [-0.39, 0.29) is 17.0 Å². The standard InChI is InChI=1S/C13H21FN2O2S/c1-10(2)7-8-16(3)19(17,18)13-6-4-5-12(14)11(13)9-15/h4-6,10H,7-9,15H2,1-3H3. The topological polar surface area (TPSA) is 63.4 Å². The van der Waals surface area contributed by atoms with Crippen molar-refractivity contribution in [2.45, 2.75) is 31.7 Å². The van der Waals surface area contributed by atoms with Crippen LogP contribution in [-0.4, -0.2) is 26.3 Å². The van der Waals surface area contributed by atoms with Gasteiger partial charge >= 0.3 is 0 Å². The Balaban J connectivity index is 3.10. The molecule has 0 bridgehead atoms. The lowest BCUT2D eigenvalue weighted by molar-refractivity contribution is 0.427. The Morgan fingerprint density at radius 3 is 2.53 bits per heavy atom. The van der Waals surface area contributed by atoms with Crippen molar-refractivity contribution in [1.82, 2.24) is 4.31 Å². The molecule has 0 spiro atoms. The molecule has 0 saturated carbocycles. The van der Waals surface area contributed by atoms with Crippen LogP contribution >= 0.6 is 0 Å². The van der Waals surface area contributed by atoms with Crippen LogP contribution in [0.1, 0.15) is 25.8 Å². The molecule has 6 heteroatoms. The van der Waals surface area contributed by atoms with Gasteiger partial charge in [0.15, 0.2) is 0 Å². The molecule has 0 aliphatic carbocycles. The number of hydrogen-bond donors (Lipinski definition) is 1. The molecule has 4 nitrogen and oxygen atoms in total. The molecule has 0 aliphatic heterocycles. The molecule has 0 fully saturated rings. The van der Waals surface area contributed by atoms with Crippen molar-refractivity contribution in [3.05, 3.63) is 29.6 Å². The van der Waals surface area contributed by atoms with Crippen LogP contribution in [0.3, 0.4) is 0 Å². The molecule has 0 radical (unpaired) electrons. The summed E-state index contributed by atoms with van der Waals surface area (Å²) < 4.78 is 39.6. The van der Waals surface area contributed by atoms with E-state index in [1.165, 1.54) is 29.6 Å². The van der Waals surface area contributed by atoms with Crippen molar-refractivity contribution in [1.29, 1.82) is 0 Å². The van der Waals surface area contributed by atoms with Gasteiger partial charge in [-0.15, -0.1) is 0 Å². The fourth-order valence-corrected chi connectivity index (χ4v) is 3.13. The second-order valence-electron chi connectivity index (χ2n) is 4.93. The van der Waals surface area contributed by atoms with E-state index in [0.717, 1.165) is 6.42 Å². The molecule has 0 amide bonds. The summed E-state index contributed by atoms with van der Waals surface area (Å²) in [6, 6.07) is 4.00. The van der Waals surface area contributed by atoms with Gasteiger partial charge in [0, 0.05) is 25.7 Å². The summed E-state index contributed by atoms with van der Waals surface area (Å²) >= 11 is 0. The quantitative estimate of drug-likeness (QED) is 0.870. The van der Waals surface area contributed by atoms with E-state index in [1.54, 1.807) is 0 Å². The maximum Gasteiger partial charge on any atom is 0.243 e. The second kappa shape index (κ2) is 6.45. The van der Waals surface area contributed by atoms with E-state index >= 15 is 0 Å². The van der Waals surface area contributed by atoms with Crippen LogP contribution in [0.25, 0.3) is 0 Å². The zero-order valence-corrected chi connectivity index (χ0v) is 12.4. The van der Waals surface area contributed by atoms with Crippen LogP contribution in [-0.2, 0) is 16.6 Å². The van der Waals surface area contributed by atoms with Crippen LogP contribution in [0.2, 0.25) is 0 Å². The predicted octanol–water partition coefficient (Wildman–Crippen LogP) is 1.95. The molecule has 19 heavy (non-hydrogen) atoms. The SMILES string of the molecule is CC(C)CCN(C)S(=O)(=O)c1cccc(F)c1CN. The predicted molar refractivity (Wildman–Crippen MR) is 73.6 cm³/mol. The summed E-state index contributed by atoms with van der Waals surface area (Å²) in [6.07, 6.45) is 0.753. The lowest BCUT2D eigenvalue weighted by Crippen LogP contribution is -2.30. The number of nitrogens with two attached hydrogens (primary N) is 1. The monoisotopic (exact) mass is 288 g/mol. The van der Waals surface area contributed by atoms with Crippen molar-refractivity contribution in [2.24, 2.45) is 11.7 Å². The van der Waals surface area contributed by atoms with Gasteiger partial charge in [-0.05, 0) is 24.5 Å². The number of nitrogens with zero attached hydrogens (tertiary/aromatic N) is 1. The highest BCUT2D eigenvalue weighted by atomic mass is 32.2. The number of rotatable bonds is 6. The van der Waals surface area contributed by atoms with Crippen LogP contribution < -0.4 is 5.73 Å². The lowest BCUT2D eigenvalue weighted by Gasteiger charge is -2.20. The molecule has 0 atom stereocenters. The third-order valence-corrected chi connectivity index (χ3v) is 4.93. The molecule has 1 rings (SSSR count). The van der Waals surface area contributed by atoms with Crippen LogP contribution in [0.5, 0.6) is 0 Å². The third-order valence-electron chi connectivity index (χ3n) is 2.99. The highest BCUT2D eigenvalue weighted by Gasteiger charge is 2.24. The van der Waals surface area contributed by atoms with Gasteiger partial charge in [-0.1, -0.05) is 19.9 Å². The summed E-state index contributed by atoms with van der Waals surface area (Å²) in [5.74, 6) is -0.181. The fourth-order valence-electron chi connectivity index (χ4n) is 1.71. The summed E-state index contributed by atoms with van der Waals surface area (Å²) in [6.45, 7) is 4.31. The second-order valence-corrected chi connectivity index (χ2v) is 6.94. The fraction of sp³-hybridized carbons (Fsp3) is 0.538. The minimum Gasteiger partial charge on any atom is -0.326 e. The number of benzene rings is 1. The van der Waals surface area contributed by atoms with Crippen LogP contribution in [0, 0.1) is 11.7 Å². The first kappa shape index (κ1) is 16.1. The van der Waals surface area contributed by atoms with Gasteiger partial charge < -0.3 is 5.73 Å². The minimum absolute atomic E-state index is 0.0405. The molecular formula is C13H21FN2O2S. The van der Waals surface area contributed by atoms with Crippen molar-refractivity contribution >= 4 is 10.0 Å². The van der Waals surface area contributed by atoms with Gasteiger partial charge in [-0.3, -0.25) is 0 Å². The zero-order chi connectivity index (χ0) is 14.6. The Bertz CT molecular complexity index is 529. The van der Waals surface area contributed by atoms with Gasteiger partial charge in [0.25, 0.3) is 0 Å². The van der Waals surface area contributed by atoms with Crippen LogP contribution in [0.4, 0.5) is 4.39 Å². The van der Waals surface area contributed by atoms with Gasteiger partial charge in [0.1, 0.15) is 5.82 Å². The van der Waals surface area contributed by atoms with E-state index in [0.29, 0.717) is 12.5 Å². The first-order valence-electron chi connectivity index (χ1n) is 6.24. The molecule has 2 N–H and O–H groups in total. The Morgan fingerprint density at radius 1 is 1.37 bits per heavy atom. The van der Waals surface area contributed by atoms with E-state index in [2.05, 4.69) is 0 Å². The molecule has 0 aromatic heterocycles. The molecule has 1 aromatic rings. The Morgan fingerprint density at radius 2 is 2.00 bits per heavy atom. The van der Waals surface area contributed by atoms with E-state index in [4.69, 9.17) is 5.73 Å². The summed E-state index contributed by atoms with van der Waals surface area (Å²) in [7, 11) is -2.18. The van der Waals surface area contributed by atoms with E-state index in [9.17, 15) is 12.8 Å². The molecule has 1 aromatic carbocycles. The molecular weight excluding hydrogens is 267 g/mol. The normalized spacial score (nSPS) is 12.4. The summed E-state index contributed by atoms with van der Waals surface area (Å²) in [5, 5.41) is 0. The maximum atomic E-state index is 13.6. The summed E-state index contributed by atoms with van der Waals surface area (Å²) in [5.41, 5.74) is 5.49. The van der Waals surface area contributed by atoms with E-state index < -0.39 is 15.8 Å². The van der Waals surface area contributed by atoms with Gasteiger partial charge in [-0.2, -0.15) is 0 Å². The van der Waals surface area contributed by atoms with Gasteiger partial charge in [0.2, 0.25) is 10.0 Å². The third kappa shape index (κ3) is 3.75. The average molecular weight is 288 g/mol. The van der Waals surface area contributed by atoms with Gasteiger partial charge in [0.05, 0.1) is 4.90 Å². The van der Waals surface area contributed by atoms with Crippen LogP contribution in [0.15, 0.2) is 23.1 Å². The largest absolute Gasteiger partial charge is 0.326 e. The molecule has 0 heterocycles. The Hall–Kier alpha value is -0.980. The number of sulfonamides is 1. The molecule has 108 valence electrons. The van der Waals surface area contributed by atoms with E-state index in [1.807, 2.05) is 13.8 Å².